The third-order valence-corrected chi connectivity index (χ3v) is 24.6. The molecule has 320 valence electrons. The molecule has 0 radical (unpaired) electrons. The third-order valence-electron chi connectivity index (χ3n) is 13.7. The van der Waals surface area contributed by atoms with Crippen molar-refractivity contribution >= 4 is 26.5 Å². The van der Waals surface area contributed by atoms with Crippen molar-refractivity contribution < 1.29 is 36.2 Å². The van der Waals surface area contributed by atoms with Gasteiger partial charge in [0.2, 0.25) is 0 Å². The van der Waals surface area contributed by atoms with E-state index in [-0.39, 0.29) is 52.3 Å². The molecule has 3 aliphatic rings. The van der Waals surface area contributed by atoms with Gasteiger partial charge in [-0.2, -0.15) is 0 Å². The van der Waals surface area contributed by atoms with Gasteiger partial charge in [0.15, 0.2) is 26.5 Å². The predicted molar refractivity (Wildman–Crippen MR) is 234 cm³/mol. The highest BCUT2D eigenvalue weighted by molar-refractivity contribution is 7.91. The monoisotopic (exact) mass is 834 g/mol. The number of rotatable bonds is 18. The molecule has 0 aromatic heterocycles. The molecule has 10 atom stereocenters. The molecule has 11 heteroatoms. The Morgan fingerprint density at radius 1 is 0.857 bits per heavy atom. The molecule has 0 spiro atoms. The van der Waals surface area contributed by atoms with Gasteiger partial charge in [0.1, 0.15) is 0 Å². The predicted octanol–water partition coefficient (Wildman–Crippen LogP) is 10.7. The first kappa shape index (κ1) is 47.5. The van der Waals surface area contributed by atoms with Crippen molar-refractivity contribution in [2.75, 3.05) is 19.5 Å². The van der Waals surface area contributed by atoms with Crippen molar-refractivity contribution in [2.24, 2.45) is 11.8 Å². The summed E-state index contributed by atoms with van der Waals surface area (Å²) in [5, 5.41) is 0.0386. The summed E-state index contributed by atoms with van der Waals surface area (Å²) in [5.41, 5.74) is 2.23. The molecule has 3 aliphatic heterocycles. The van der Waals surface area contributed by atoms with Crippen molar-refractivity contribution in [3.8, 4) is 0 Å². The zero-order chi connectivity index (χ0) is 41.9. The van der Waals surface area contributed by atoms with Crippen molar-refractivity contribution in [2.45, 2.75) is 197 Å². The molecule has 0 bridgehead atoms. The Labute approximate surface area is 344 Å². The van der Waals surface area contributed by atoms with E-state index in [9.17, 15) is 8.42 Å². The van der Waals surface area contributed by atoms with Crippen LogP contribution in [0.15, 0.2) is 59.5 Å². The first-order chi connectivity index (χ1) is 25.9. The van der Waals surface area contributed by atoms with Crippen LogP contribution in [-0.4, -0.2) is 93.4 Å². The quantitative estimate of drug-likeness (QED) is 0.107. The number of ether oxygens (including phenoxy) is 4. The molecule has 3 fully saturated rings. The Bertz CT molecular complexity index is 1550. The van der Waals surface area contributed by atoms with Gasteiger partial charge in [0.05, 0.1) is 66.1 Å². The Hall–Kier alpha value is -1.16. The van der Waals surface area contributed by atoms with Gasteiger partial charge in [-0.1, -0.05) is 93.2 Å². The molecular formula is C45H78O8SSi2. The smallest absolute Gasteiger partial charge is 0.192 e. The highest BCUT2D eigenvalue weighted by atomic mass is 32.2. The lowest BCUT2D eigenvalue weighted by Gasteiger charge is -2.42. The number of sulfone groups is 1. The Balaban J connectivity index is 1.61. The van der Waals surface area contributed by atoms with Crippen molar-refractivity contribution in [3.63, 3.8) is 0 Å². The lowest BCUT2D eigenvalue weighted by Crippen LogP contribution is -2.49. The van der Waals surface area contributed by atoms with Crippen molar-refractivity contribution in [1.82, 2.24) is 0 Å². The largest absolute Gasteiger partial charge is 0.414 e. The number of methoxy groups -OCH3 is 1. The second-order valence-electron chi connectivity index (χ2n) is 20.1. The minimum atomic E-state index is -3.66. The molecule has 3 heterocycles. The second-order valence-corrected chi connectivity index (χ2v) is 31.7. The fourth-order valence-corrected chi connectivity index (χ4v) is 12.1. The van der Waals surface area contributed by atoms with E-state index in [2.05, 4.69) is 94.7 Å². The summed E-state index contributed by atoms with van der Waals surface area (Å²) >= 11 is 0. The molecule has 3 saturated heterocycles. The maximum absolute atomic E-state index is 14.1. The van der Waals surface area contributed by atoms with Gasteiger partial charge in [0, 0.05) is 25.9 Å². The molecule has 0 unspecified atom stereocenters. The normalized spacial score (nSPS) is 30.3. The molecular weight excluding hydrogens is 757 g/mol. The van der Waals surface area contributed by atoms with E-state index in [1.165, 1.54) is 5.57 Å². The lowest BCUT2D eigenvalue weighted by atomic mass is 9.83. The lowest BCUT2D eigenvalue weighted by molar-refractivity contribution is -0.0782. The van der Waals surface area contributed by atoms with Crippen LogP contribution in [0.3, 0.4) is 0 Å². The van der Waals surface area contributed by atoms with Crippen LogP contribution >= 0.6 is 0 Å². The van der Waals surface area contributed by atoms with Gasteiger partial charge in [-0.25, -0.2) is 8.42 Å². The maximum Gasteiger partial charge on any atom is 0.192 e. The van der Waals surface area contributed by atoms with Crippen LogP contribution in [0.1, 0.15) is 107 Å². The van der Waals surface area contributed by atoms with Crippen LogP contribution in [0.2, 0.25) is 36.3 Å². The Kier molecular flexibility index (Phi) is 16.2. The van der Waals surface area contributed by atoms with Gasteiger partial charge < -0.3 is 27.8 Å². The van der Waals surface area contributed by atoms with E-state index in [1.807, 2.05) is 6.07 Å². The molecule has 0 amide bonds. The summed E-state index contributed by atoms with van der Waals surface area (Å²) in [5.74, 6) is -0.262. The standard InChI is InChI=1S/C45H78O8SSi2/c1-16-20-34-26-32(3)39(50-34)24-23-35-25-31(2)33(4)40(51-35)28-41-38(30-54(46,47)37-21-18-17-19-22-37)43(48-11)42(52-41)27-36(53-56(14,15)45(8,9)10)29-49-55(12,13)44(5,6)7/h17-19,21-22,31,34-36,38-43H,3-4,16,20,23-30H2,1-2,5-15H3/t31-,34+,35+,36+,38+,39+,40-,41+,42-,43-/m1/s1. The summed E-state index contributed by atoms with van der Waals surface area (Å²) < 4.78 is 68.7. The van der Waals surface area contributed by atoms with Crippen LogP contribution in [0, 0.1) is 11.8 Å². The summed E-state index contributed by atoms with van der Waals surface area (Å²) in [6.07, 6.45) is 5.38. The average Bonchev–Trinajstić information content (AvgIpc) is 3.60. The van der Waals surface area contributed by atoms with Gasteiger partial charge in [-0.05, 0) is 97.6 Å². The molecule has 0 saturated carbocycles. The average molecular weight is 835 g/mol. The number of benzene rings is 1. The minimum absolute atomic E-state index is 0.00545. The SMILES string of the molecule is C=C1C[C@H](CCC)O[C@H]1CC[C@H]1C[C@@H](C)C(=C)[C@@H](C[C@@H]2O[C@H](C[C@@H](CO[Si](C)(C)C(C)(C)C)O[Si](C)(C)C(C)(C)C)[C@H](OC)[C@H]2CS(=O)(=O)c2ccccc2)O1. The second kappa shape index (κ2) is 19.0. The van der Waals surface area contributed by atoms with Crippen LogP contribution in [0.4, 0.5) is 0 Å². The minimum Gasteiger partial charge on any atom is -0.414 e. The highest BCUT2D eigenvalue weighted by Gasteiger charge is 2.50. The van der Waals surface area contributed by atoms with Gasteiger partial charge in [0.25, 0.3) is 0 Å². The topological polar surface area (TPSA) is 89.5 Å². The molecule has 1 aromatic rings. The fourth-order valence-electron chi connectivity index (χ4n) is 8.08. The molecule has 4 rings (SSSR count). The third kappa shape index (κ3) is 12.0. The maximum atomic E-state index is 14.1. The number of hydrogen-bond donors (Lipinski definition) is 0. The van der Waals surface area contributed by atoms with E-state index in [4.69, 9.17) is 27.8 Å². The van der Waals surface area contributed by atoms with Crippen molar-refractivity contribution in [3.05, 3.63) is 54.6 Å². The molecule has 56 heavy (non-hydrogen) atoms. The Morgan fingerprint density at radius 3 is 2.07 bits per heavy atom. The van der Waals surface area contributed by atoms with E-state index in [0.717, 1.165) is 44.1 Å². The van der Waals surface area contributed by atoms with E-state index in [1.54, 1.807) is 31.4 Å². The van der Waals surface area contributed by atoms with Gasteiger partial charge in [-0.15, -0.1) is 0 Å². The first-order valence-corrected chi connectivity index (χ1v) is 28.8. The van der Waals surface area contributed by atoms with Crippen molar-refractivity contribution in [1.29, 1.82) is 0 Å². The molecule has 8 nitrogen and oxygen atoms in total. The van der Waals surface area contributed by atoms with E-state index < -0.39 is 50.7 Å². The zero-order valence-corrected chi connectivity index (χ0v) is 40.1. The molecule has 1 aromatic carbocycles. The summed E-state index contributed by atoms with van der Waals surface area (Å²) in [4.78, 5) is 0.308. The number of hydrogen-bond acceptors (Lipinski definition) is 8. The van der Waals surface area contributed by atoms with E-state index >= 15 is 0 Å². The summed E-state index contributed by atoms with van der Waals surface area (Å²) in [6, 6.07) is 8.73. The van der Waals surface area contributed by atoms with Crippen LogP contribution in [0.25, 0.3) is 0 Å². The van der Waals surface area contributed by atoms with Crippen LogP contribution < -0.4 is 0 Å². The highest BCUT2D eigenvalue weighted by Crippen LogP contribution is 2.44. The summed E-state index contributed by atoms with van der Waals surface area (Å²) in [7, 11) is -6.30. The fraction of sp³-hybridized carbons (Fsp3) is 0.778. The van der Waals surface area contributed by atoms with Crippen LogP contribution in [0.5, 0.6) is 0 Å². The van der Waals surface area contributed by atoms with Gasteiger partial charge in [-0.3, -0.25) is 0 Å². The summed E-state index contributed by atoms with van der Waals surface area (Å²) in [6.45, 7) is 36.3. The van der Waals surface area contributed by atoms with Gasteiger partial charge >= 0.3 is 0 Å². The zero-order valence-electron chi connectivity index (χ0n) is 37.3. The Morgan fingerprint density at radius 2 is 1.48 bits per heavy atom. The van der Waals surface area contributed by atoms with E-state index in [0.29, 0.717) is 24.3 Å². The first-order valence-electron chi connectivity index (χ1n) is 21.3. The van der Waals surface area contributed by atoms with Crippen LogP contribution in [-0.2, 0) is 37.6 Å². The molecule has 0 N–H and O–H groups in total. The molecule has 0 aliphatic carbocycles.